The Labute approximate surface area is 136 Å². The Morgan fingerprint density at radius 3 is 2.13 bits per heavy atom. The zero-order valence-corrected chi connectivity index (χ0v) is 12.7. The van der Waals surface area contributed by atoms with Crippen molar-refractivity contribution in [3.8, 4) is 11.3 Å². The summed E-state index contributed by atoms with van der Waals surface area (Å²) in [6, 6.07) is 18.5. The number of hydrogen-bond acceptors (Lipinski definition) is 2. The molecule has 1 heterocycles. The van der Waals surface area contributed by atoms with E-state index in [4.69, 9.17) is 0 Å². The van der Waals surface area contributed by atoms with Crippen LogP contribution in [0, 0.1) is 0 Å². The standard InChI is InChI=1S/C18H12F3NS/c19-18(20,21)13-8-10-14(11-9-13)23-17-7-2-1-5-15(17)16-6-3-4-12-22-16/h1-12H. The molecule has 0 fully saturated rings. The zero-order valence-electron chi connectivity index (χ0n) is 11.9. The molecule has 0 unspecified atom stereocenters. The lowest BCUT2D eigenvalue weighted by molar-refractivity contribution is -0.137. The van der Waals surface area contributed by atoms with Gasteiger partial charge in [-0.3, -0.25) is 4.98 Å². The summed E-state index contributed by atoms with van der Waals surface area (Å²) in [5.74, 6) is 0. The monoisotopic (exact) mass is 331 g/mol. The molecule has 3 rings (SSSR count). The van der Waals surface area contributed by atoms with E-state index in [-0.39, 0.29) is 0 Å². The fourth-order valence-electron chi connectivity index (χ4n) is 2.13. The van der Waals surface area contributed by atoms with E-state index >= 15 is 0 Å². The summed E-state index contributed by atoms with van der Waals surface area (Å²) in [5, 5.41) is 0. The first-order chi connectivity index (χ1) is 11.0. The van der Waals surface area contributed by atoms with Gasteiger partial charge in [0, 0.05) is 21.6 Å². The topological polar surface area (TPSA) is 12.9 Å². The second-order valence-corrected chi connectivity index (χ2v) is 5.95. The Kier molecular flexibility index (Phi) is 4.39. The van der Waals surface area contributed by atoms with Gasteiger partial charge in [0.1, 0.15) is 0 Å². The van der Waals surface area contributed by atoms with Gasteiger partial charge in [0.15, 0.2) is 0 Å². The predicted octanol–water partition coefficient (Wildman–Crippen LogP) is 5.92. The number of rotatable bonds is 3. The number of aromatic nitrogens is 1. The molecule has 0 atom stereocenters. The minimum atomic E-state index is -4.31. The fraction of sp³-hybridized carbons (Fsp3) is 0.0556. The van der Waals surface area contributed by atoms with Crippen molar-refractivity contribution >= 4 is 11.8 Å². The van der Waals surface area contributed by atoms with E-state index in [9.17, 15) is 13.2 Å². The van der Waals surface area contributed by atoms with Gasteiger partial charge >= 0.3 is 6.18 Å². The number of pyridine rings is 1. The molecule has 1 aromatic heterocycles. The van der Waals surface area contributed by atoms with Crippen LogP contribution in [-0.2, 0) is 6.18 Å². The third kappa shape index (κ3) is 3.74. The Morgan fingerprint density at radius 2 is 1.48 bits per heavy atom. The SMILES string of the molecule is FC(F)(F)c1ccc(Sc2ccccc2-c2ccccn2)cc1. The van der Waals surface area contributed by atoms with Crippen molar-refractivity contribution in [2.45, 2.75) is 16.0 Å². The second-order valence-electron chi connectivity index (χ2n) is 4.84. The highest BCUT2D eigenvalue weighted by atomic mass is 32.2. The quantitative estimate of drug-likeness (QED) is 0.591. The van der Waals surface area contributed by atoms with E-state index in [1.807, 2.05) is 42.5 Å². The molecule has 0 spiro atoms. The molecule has 0 amide bonds. The van der Waals surface area contributed by atoms with E-state index in [1.165, 1.54) is 23.9 Å². The maximum absolute atomic E-state index is 12.6. The lowest BCUT2D eigenvalue weighted by Gasteiger charge is -2.10. The number of hydrogen-bond donors (Lipinski definition) is 0. The van der Waals surface area contributed by atoms with E-state index in [0.29, 0.717) is 0 Å². The molecule has 0 aliphatic rings. The lowest BCUT2D eigenvalue weighted by Crippen LogP contribution is -2.03. The molecule has 0 saturated heterocycles. The molecule has 2 aromatic carbocycles. The van der Waals surface area contributed by atoms with E-state index in [1.54, 1.807) is 6.20 Å². The summed E-state index contributed by atoms with van der Waals surface area (Å²) < 4.78 is 37.9. The van der Waals surface area contributed by atoms with Crippen molar-refractivity contribution in [1.29, 1.82) is 0 Å². The molecule has 116 valence electrons. The van der Waals surface area contributed by atoms with Gasteiger partial charge in [0.2, 0.25) is 0 Å². The normalized spacial score (nSPS) is 11.4. The van der Waals surface area contributed by atoms with Gasteiger partial charge in [-0.2, -0.15) is 13.2 Å². The number of alkyl halides is 3. The molecule has 0 N–H and O–H groups in total. The Bertz CT molecular complexity index is 783. The maximum atomic E-state index is 12.6. The fourth-order valence-corrected chi connectivity index (χ4v) is 3.08. The van der Waals surface area contributed by atoms with Crippen LogP contribution in [0.15, 0.2) is 82.7 Å². The molecule has 5 heteroatoms. The molecule has 3 aromatic rings. The van der Waals surface area contributed by atoms with Crippen LogP contribution >= 0.6 is 11.8 Å². The highest BCUT2D eigenvalue weighted by Crippen LogP contribution is 2.36. The lowest BCUT2D eigenvalue weighted by atomic mass is 10.1. The summed E-state index contributed by atoms with van der Waals surface area (Å²) in [7, 11) is 0. The average Bonchev–Trinajstić information content (AvgIpc) is 2.56. The average molecular weight is 331 g/mol. The first kappa shape index (κ1) is 15.6. The van der Waals surface area contributed by atoms with Gasteiger partial charge in [-0.15, -0.1) is 0 Å². The summed E-state index contributed by atoms with van der Waals surface area (Å²) in [6.45, 7) is 0. The molecular formula is C18H12F3NS. The summed E-state index contributed by atoms with van der Waals surface area (Å²) >= 11 is 1.42. The van der Waals surface area contributed by atoms with Crippen LogP contribution in [0.4, 0.5) is 13.2 Å². The molecule has 0 radical (unpaired) electrons. The van der Waals surface area contributed by atoms with Crippen molar-refractivity contribution in [1.82, 2.24) is 4.98 Å². The van der Waals surface area contributed by atoms with E-state index in [2.05, 4.69) is 4.98 Å². The molecule has 0 bridgehead atoms. The second kappa shape index (κ2) is 6.46. The van der Waals surface area contributed by atoms with Crippen LogP contribution in [0.5, 0.6) is 0 Å². The highest BCUT2D eigenvalue weighted by Gasteiger charge is 2.29. The first-order valence-corrected chi connectivity index (χ1v) is 7.71. The van der Waals surface area contributed by atoms with Crippen LogP contribution in [-0.4, -0.2) is 4.98 Å². The molecule has 0 aliphatic heterocycles. The van der Waals surface area contributed by atoms with Gasteiger partial charge in [-0.05, 0) is 42.5 Å². The van der Waals surface area contributed by atoms with Crippen LogP contribution in [0.3, 0.4) is 0 Å². The van der Waals surface area contributed by atoms with Crippen molar-refractivity contribution in [2.24, 2.45) is 0 Å². The third-order valence-corrected chi connectivity index (χ3v) is 4.32. The number of benzene rings is 2. The summed E-state index contributed by atoms with van der Waals surface area (Å²) in [5.41, 5.74) is 1.15. The number of nitrogens with zero attached hydrogens (tertiary/aromatic N) is 1. The molecule has 0 saturated carbocycles. The Balaban J connectivity index is 1.89. The van der Waals surface area contributed by atoms with Crippen molar-refractivity contribution in [3.63, 3.8) is 0 Å². The highest BCUT2D eigenvalue weighted by molar-refractivity contribution is 7.99. The van der Waals surface area contributed by atoms with Gasteiger partial charge in [-0.1, -0.05) is 36.0 Å². The van der Waals surface area contributed by atoms with Gasteiger partial charge in [0.05, 0.1) is 11.3 Å². The Morgan fingerprint density at radius 1 is 0.783 bits per heavy atom. The van der Waals surface area contributed by atoms with E-state index < -0.39 is 11.7 Å². The third-order valence-electron chi connectivity index (χ3n) is 3.24. The maximum Gasteiger partial charge on any atom is 0.416 e. The first-order valence-electron chi connectivity index (χ1n) is 6.89. The molecule has 23 heavy (non-hydrogen) atoms. The van der Waals surface area contributed by atoms with E-state index in [0.717, 1.165) is 33.2 Å². The minimum Gasteiger partial charge on any atom is -0.256 e. The van der Waals surface area contributed by atoms with Crippen LogP contribution < -0.4 is 0 Å². The summed E-state index contributed by atoms with van der Waals surface area (Å²) in [4.78, 5) is 6.04. The molecule has 1 nitrogen and oxygen atoms in total. The van der Waals surface area contributed by atoms with Crippen molar-refractivity contribution in [2.75, 3.05) is 0 Å². The largest absolute Gasteiger partial charge is 0.416 e. The van der Waals surface area contributed by atoms with Crippen molar-refractivity contribution in [3.05, 3.63) is 78.5 Å². The molecule has 0 aliphatic carbocycles. The molecular weight excluding hydrogens is 319 g/mol. The predicted molar refractivity (Wildman–Crippen MR) is 85.2 cm³/mol. The zero-order chi connectivity index (χ0) is 16.3. The van der Waals surface area contributed by atoms with Gasteiger partial charge in [-0.25, -0.2) is 0 Å². The van der Waals surface area contributed by atoms with Crippen molar-refractivity contribution < 1.29 is 13.2 Å². The van der Waals surface area contributed by atoms with Crippen LogP contribution in [0.1, 0.15) is 5.56 Å². The van der Waals surface area contributed by atoms with Gasteiger partial charge in [0.25, 0.3) is 0 Å². The van der Waals surface area contributed by atoms with Gasteiger partial charge < -0.3 is 0 Å². The number of halogens is 3. The minimum absolute atomic E-state index is 0.639. The van der Waals surface area contributed by atoms with Crippen LogP contribution in [0.2, 0.25) is 0 Å². The smallest absolute Gasteiger partial charge is 0.256 e. The Hall–Kier alpha value is -2.27. The summed E-state index contributed by atoms with van der Waals surface area (Å²) in [6.07, 6.45) is -2.59. The van der Waals surface area contributed by atoms with Crippen LogP contribution in [0.25, 0.3) is 11.3 Å².